The lowest BCUT2D eigenvalue weighted by Crippen LogP contribution is -2.24. The zero-order valence-electron chi connectivity index (χ0n) is 10.4. The number of alkyl halides is 3. The van der Waals surface area contributed by atoms with Gasteiger partial charge in [-0.15, -0.1) is 0 Å². The fourth-order valence-corrected chi connectivity index (χ4v) is 1.39. The summed E-state index contributed by atoms with van der Waals surface area (Å²) >= 11 is 0. The van der Waals surface area contributed by atoms with Gasteiger partial charge in [-0.05, 0) is 24.0 Å². The van der Waals surface area contributed by atoms with E-state index in [0.29, 0.717) is 18.8 Å². The number of nitrogens with zero attached hydrogens (tertiary/aromatic N) is 1. The molecular weight excluding hydrogens is 245 g/mol. The minimum Gasteiger partial charge on any atom is -0.396 e. The lowest BCUT2D eigenvalue weighted by molar-refractivity contribution is -0.137. The molecule has 18 heavy (non-hydrogen) atoms. The molecule has 0 atom stereocenters. The Morgan fingerprint density at radius 1 is 1.28 bits per heavy atom. The van der Waals surface area contributed by atoms with Crippen LogP contribution in [0.2, 0.25) is 0 Å². The first kappa shape index (κ1) is 14.8. The Kier molecular flexibility index (Phi) is 4.56. The molecule has 0 saturated carbocycles. The van der Waals surface area contributed by atoms with Crippen LogP contribution in [-0.2, 0) is 6.18 Å². The third-order valence-electron chi connectivity index (χ3n) is 2.63. The van der Waals surface area contributed by atoms with Gasteiger partial charge in [0.1, 0.15) is 5.82 Å². The lowest BCUT2D eigenvalue weighted by atomic mass is 9.90. The van der Waals surface area contributed by atoms with E-state index < -0.39 is 11.7 Å². The minimum atomic E-state index is -4.36. The van der Waals surface area contributed by atoms with Crippen molar-refractivity contribution in [1.82, 2.24) is 4.98 Å². The molecule has 0 radical (unpaired) electrons. The van der Waals surface area contributed by atoms with Crippen molar-refractivity contribution in [3.05, 3.63) is 23.9 Å². The van der Waals surface area contributed by atoms with Crippen LogP contribution in [0.3, 0.4) is 0 Å². The second-order valence-electron chi connectivity index (χ2n) is 4.92. The first-order valence-corrected chi connectivity index (χ1v) is 5.62. The topological polar surface area (TPSA) is 45.1 Å². The number of pyridine rings is 1. The van der Waals surface area contributed by atoms with Crippen LogP contribution in [0, 0.1) is 5.41 Å². The van der Waals surface area contributed by atoms with E-state index in [4.69, 9.17) is 5.11 Å². The Balaban J connectivity index is 2.60. The molecule has 0 amide bonds. The Hall–Kier alpha value is -1.30. The van der Waals surface area contributed by atoms with Crippen molar-refractivity contribution in [2.45, 2.75) is 26.4 Å². The molecule has 6 heteroatoms. The van der Waals surface area contributed by atoms with Crippen molar-refractivity contribution >= 4 is 5.82 Å². The smallest absolute Gasteiger partial charge is 0.396 e. The number of hydrogen-bond acceptors (Lipinski definition) is 3. The molecule has 0 aromatic carbocycles. The molecule has 0 fully saturated rings. The quantitative estimate of drug-likeness (QED) is 0.857. The first-order chi connectivity index (χ1) is 8.24. The Morgan fingerprint density at radius 2 is 1.94 bits per heavy atom. The Bertz CT molecular complexity index is 374. The average Bonchev–Trinajstić information content (AvgIpc) is 2.26. The van der Waals surface area contributed by atoms with Crippen molar-refractivity contribution in [3.8, 4) is 0 Å². The predicted octanol–water partition coefficient (Wildman–Crippen LogP) is 2.92. The summed E-state index contributed by atoms with van der Waals surface area (Å²) in [4.78, 5) is 3.71. The summed E-state index contributed by atoms with van der Waals surface area (Å²) < 4.78 is 36.9. The number of anilines is 1. The van der Waals surface area contributed by atoms with E-state index >= 15 is 0 Å². The maximum Gasteiger partial charge on any atom is 0.417 e. The van der Waals surface area contributed by atoms with Gasteiger partial charge in [-0.2, -0.15) is 13.2 Å². The van der Waals surface area contributed by atoms with E-state index in [1.54, 1.807) is 0 Å². The number of halogens is 3. The van der Waals surface area contributed by atoms with Gasteiger partial charge in [0.25, 0.3) is 0 Å². The monoisotopic (exact) mass is 262 g/mol. The summed E-state index contributed by atoms with van der Waals surface area (Å²) in [6.07, 6.45) is -2.94. The molecule has 0 spiro atoms. The summed E-state index contributed by atoms with van der Waals surface area (Å²) in [6.45, 7) is 4.53. The third kappa shape index (κ3) is 4.52. The highest BCUT2D eigenvalue weighted by atomic mass is 19.4. The van der Waals surface area contributed by atoms with Crippen molar-refractivity contribution in [1.29, 1.82) is 0 Å². The van der Waals surface area contributed by atoms with E-state index in [1.807, 2.05) is 13.8 Å². The van der Waals surface area contributed by atoms with E-state index in [-0.39, 0.29) is 12.0 Å². The molecule has 1 aromatic rings. The molecule has 0 saturated heterocycles. The standard InChI is InChI=1S/C12H17F3N2O/c1-11(2,5-6-18)8-17-10-4-3-9(7-16-10)12(13,14)15/h3-4,7,18H,5-6,8H2,1-2H3,(H,16,17). The summed E-state index contributed by atoms with van der Waals surface area (Å²) in [6, 6.07) is 2.30. The van der Waals surface area contributed by atoms with Crippen LogP contribution >= 0.6 is 0 Å². The number of aliphatic hydroxyl groups is 1. The molecule has 102 valence electrons. The van der Waals surface area contributed by atoms with Crippen LogP contribution < -0.4 is 5.32 Å². The SMILES string of the molecule is CC(C)(CCO)CNc1ccc(C(F)(F)F)cn1. The fourth-order valence-electron chi connectivity index (χ4n) is 1.39. The summed E-state index contributed by atoms with van der Waals surface area (Å²) in [7, 11) is 0. The van der Waals surface area contributed by atoms with Gasteiger partial charge in [-0.3, -0.25) is 0 Å². The largest absolute Gasteiger partial charge is 0.417 e. The highest BCUT2D eigenvalue weighted by molar-refractivity contribution is 5.36. The molecule has 0 aliphatic carbocycles. The molecule has 0 bridgehead atoms. The molecular formula is C12H17F3N2O. The van der Waals surface area contributed by atoms with Gasteiger partial charge in [0.05, 0.1) is 5.56 Å². The fraction of sp³-hybridized carbons (Fsp3) is 0.583. The number of aliphatic hydroxyl groups excluding tert-OH is 1. The van der Waals surface area contributed by atoms with E-state index in [1.165, 1.54) is 6.07 Å². The molecule has 1 heterocycles. The van der Waals surface area contributed by atoms with E-state index in [9.17, 15) is 13.2 Å². The van der Waals surface area contributed by atoms with Gasteiger partial charge in [0.15, 0.2) is 0 Å². The van der Waals surface area contributed by atoms with Crippen LogP contribution in [-0.4, -0.2) is 23.2 Å². The zero-order chi connectivity index (χ0) is 13.8. The number of nitrogens with one attached hydrogen (secondary N) is 1. The van der Waals surface area contributed by atoms with Gasteiger partial charge in [0, 0.05) is 19.3 Å². The second-order valence-corrected chi connectivity index (χ2v) is 4.92. The van der Waals surface area contributed by atoms with Crippen LogP contribution in [0.4, 0.5) is 19.0 Å². The maximum atomic E-state index is 12.3. The highest BCUT2D eigenvalue weighted by Crippen LogP contribution is 2.29. The van der Waals surface area contributed by atoms with E-state index in [2.05, 4.69) is 10.3 Å². The zero-order valence-corrected chi connectivity index (χ0v) is 10.4. The van der Waals surface area contributed by atoms with Gasteiger partial charge in [-0.1, -0.05) is 13.8 Å². The summed E-state index contributed by atoms with van der Waals surface area (Å²) in [5, 5.41) is 11.8. The van der Waals surface area contributed by atoms with Gasteiger partial charge in [0.2, 0.25) is 0 Å². The molecule has 1 rings (SSSR count). The van der Waals surface area contributed by atoms with Crippen molar-refractivity contribution in [2.75, 3.05) is 18.5 Å². The maximum absolute atomic E-state index is 12.3. The molecule has 2 N–H and O–H groups in total. The first-order valence-electron chi connectivity index (χ1n) is 5.62. The van der Waals surface area contributed by atoms with Crippen molar-refractivity contribution in [2.24, 2.45) is 5.41 Å². The lowest BCUT2D eigenvalue weighted by Gasteiger charge is -2.24. The second kappa shape index (κ2) is 5.56. The number of aromatic nitrogens is 1. The van der Waals surface area contributed by atoms with E-state index in [0.717, 1.165) is 12.3 Å². The Labute approximate surface area is 104 Å². The van der Waals surface area contributed by atoms with Gasteiger partial charge < -0.3 is 10.4 Å². The third-order valence-corrected chi connectivity index (χ3v) is 2.63. The number of hydrogen-bond donors (Lipinski definition) is 2. The van der Waals surface area contributed by atoms with Crippen molar-refractivity contribution in [3.63, 3.8) is 0 Å². The normalized spacial score (nSPS) is 12.6. The highest BCUT2D eigenvalue weighted by Gasteiger charge is 2.30. The average molecular weight is 262 g/mol. The van der Waals surface area contributed by atoms with Gasteiger partial charge >= 0.3 is 6.18 Å². The molecule has 1 aromatic heterocycles. The molecule has 0 aliphatic rings. The number of rotatable bonds is 5. The minimum absolute atomic E-state index is 0.0785. The van der Waals surface area contributed by atoms with Crippen LogP contribution in [0.25, 0.3) is 0 Å². The summed E-state index contributed by atoms with van der Waals surface area (Å²) in [5.74, 6) is 0.397. The summed E-state index contributed by atoms with van der Waals surface area (Å²) in [5.41, 5.74) is -0.901. The Morgan fingerprint density at radius 3 is 2.39 bits per heavy atom. The van der Waals surface area contributed by atoms with Crippen molar-refractivity contribution < 1.29 is 18.3 Å². The van der Waals surface area contributed by atoms with Crippen LogP contribution in [0.5, 0.6) is 0 Å². The molecule has 0 aliphatic heterocycles. The van der Waals surface area contributed by atoms with Crippen LogP contribution in [0.15, 0.2) is 18.3 Å². The molecule has 0 unspecified atom stereocenters. The van der Waals surface area contributed by atoms with Gasteiger partial charge in [-0.25, -0.2) is 4.98 Å². The molecule has 3 nitrogen and oxygen atoms in total. The predicted molar refractivity (Wildman–Crippen MR) is 63.2 cm³/mol. The van der Waals surface area contributed by atoms with Crippen LogP contribution in [0.1, 0.15) is 25.8 Å².